The molecule has 0 bridgehead atoms. The highest BCUT2D eigenvalue weighted by atomic mass is 16.2. The number of nitrogen functional groups attached to an aromatic ring is 1. The number of carbonyl (C=O) groups is 2. The molecule has 0 aliphatic heterocycles. The Morgan fingerprint density at radius 1 is 0.897 bits per heavy atom. The summed E-state index contributed by atoms with van der Waals surface area (Å²) in [5, 5.41) is 0. The van der Waals surface area contributed by atoms with Gasteiger partial charge in [-0.05, 0) is 54.1 Å². The number of amides is 2. The summed E-state index contributed by atoms with van der Waals surface area (Å²) in [4.78, 5) is 26.4. The van der Waals surface area contributed by atoms with Gasteiger partial charge in [-0.1, -0.05) is 18.2 Å². The molecule has 6 N–H and O–H groups in total. The molecule has 0 spiro atoms. The molecule has 0 heterocycles. The van der Waals surface area contributed by atoms with Crippen LogP contribution < -0.4 is 27.2 Å². The smallest absolute Gasteiger partial charge is 0.269 e. The molecule has 29 heavy (non-hydrogen) atoms. The molecule has 0 saturated carbocycles. The zero-order valence-corrected chi connectivity index (χ0v) is 16.3. The van der Waals surface area contributed by atoms with Gasteiger partial charge in [0.25, 0.3) is 5.91 Å². The van der Waals surface area contributed by atoms with Gasteiger partial charge in [0.15, 0.2) is 0 Å². The molecular weight excluding hydrogens is 366 g/mol. The molecular formula is C22H23N5O2. The van der Waals surface area contributed by atoms with Crippen LogP contribution in [0.2, 0.25) is 0 Å². The van der Waals surface area contributed by atoms with Crippen molar-refractivity contribution in [2.45, 2.75) is 0 Å². The van der Waals surface area contributed by atoms with Crippen molar-refractivity contribution in [1.82, 2.24) is 5.43 Å². The zero-order chi connectivity index (χ0) is 21.0. The van der Waals surface area contributed by atoms with Crippen molar-refractivity contribution in [3.05, 3.63) is 77.9 Å². The summed E-state index contributed by atoms with van der Waals surface area (Å²) >= 11 is 0. The van der Waals surface area contributed by atoms with Gasteiger partial charge in [0.05, 0.1) is 5.69 Å². The van der Waals surface area contributed by atoms with Gasteiger partial charge in [-0.15, -0.1) is 0 Å². The number of hydrazine groups is 1. The van der Waals surface area contributed by atoms with Crippen molar-refractivity contribution in [3.63, 3.8) is 0 Å². The van der Waals surface area contributed by atoms with Crippen molar-refractivity contribution < 1.29 is 9.59 Å². The third-order valence-electron chi connectivity index (χ3n) is 4.50. The van der Waals surface area contributed by atoms with Crippen LogP contribution >= 0.6 is 0 Å². The maximum Gasteiger partial charge on any atom is 0.269 e. The lowest BCUT2D eigenvalue weighted by atomic mass is 9.95. The highest BCUT2D eigenvalue weighted by Crippen LogP contribution is 2.29. The largest absolute Gasteiger partial charge is 0.398 e. The Hall–Kier alpha value is -4.00. The Labute approximate surface area is 169 Å². The number of para-hydroxylation sites is 1. The lowest BCUT2D eigenvalue weighted by molar-refractivity contribution is 0.0959. The van der Waals surface area contributed by atoms with Crippen molar-refractivity contribution in [2.24, 2.45) is 5.73 Å². The summed E-state index contributed by atoms with van der Waals surface area (Å²) in [5.41, 5.74) is 21.2. The number of primary amides is 1. The van der Waals surface area contributed by atoms with E-state index in [1.165, 1.54) is 6.07 Å². The van der Waals surface area contributed by atoms with Crippen LogP contribution in [0.1, 0.15) is 20.7 Å². The quantitative estimate of drug-likeness (QED) is 0.382. The Bertz CT molecular complexity index is 1050. The van der Waals surface area contributed by atoms with Gasteiger partial charge in [0, 0.05) is 42.2 Å². The molecule has 0 aromatic heterocycles. The number of nitrogens with zero attached hydrogens (tertiary/aromatic N) is 1. The number of rotatable bonds is 6. The predicted molar refractivity (Wildman–Crippen MR) is 117 cm³/mol. The minimum absolute atomic E-state index is 0.298. The third kappa shape index (κ3) is 4.47. The van der Waals surface area contributed by atoms with Gasteiger partial charge < -0.3 is 16.4 Å². The lowest BCUT2D eigenvalue weighted by Gasteiger charge is -2.14. The predicted octanol–water partition coefficient (Wildman–Crippen LogP) is 2.86. The van der Waals surface area contributed by atoms with E-state index >= 15 is 0 Å². The van der Waals surface area contributed by atoms with E-state index in [2.05, 4.69) is 10.9 Å². The maximum absolute atomic E-state index is 12.6. The molecule has 0 aliphatic carbocycles. The molecule has 0 saturated heterocycles. The van der Waals surface area contributed by atoms with E-state index < -0.39 is 5.91 Å². The molecule has 148 valence electrons. The van der Waals surface area contributed by atoms with Crippen LogP contribution in [0.25, 0.3) is 11.1 Å². The van der Waals surface area contributed by atoms with E-state index in [-0.39, 0.29) is 5.91 Å². The zero-order valence-electron chi connectivity index (χ0n) is 16.3. The van der Waals surface area contributed by atoms with Crippen molar-refractivity contribution in [3.8, 4) is 11.1 Å². The Morgan fingerprint density at radius 2 is 1.59 bits per heavy atom. The summed E-state index contributed by atoms with van der Waals surface area (Å²) < 4.78 is 0. The fourth-order valence-electron chi connectivity index (χ4n) is 2.91. The molecule has 3 aromatic carbocycles. The van der Waals surface area contributed by atoms with Crippen LogP contribution in [0.3, 0.4) is 0 Å². The van der Waals surface area contributed by atoms with Gasteiger partial charge >= 0.3 is 0 Å². The fourth-order valence-corrected chi connectivity index (χ4v) is 2.91. The molecule has 0 fully saturated rings. The van der Waals surface area contributed by atoms with E-state index in [4.69, 9.17) is 11.5 Å². The number of nitrogens with one attached hydrogen (secondary N) is 2. The second-order valence-corrected chi connectivity index (χ2v) is 6.73. The van der Waals surface area contributed by atoms with E-state index in [1.54, 1.807) is 30.3 Å². The minimum atomic E-state index is -0.589. The van der Waals surface area contributed by atoms with Crippen LogP contribution in [0, 0.1) is 0 Å². The average molecular weight is 389 g/mol. The first-order chi connectivity index (χ1) is 13.9. The lowest BCUT2D eigenvalue weighted by Crippen LogP contribution is -2.29. The van der Waals surface area contributed by atoms with E-state index in [9.17, 15) is 9.59 Å². The molecule has 0 atom stereocenters. The maximum atomic E-state index is 12.6. The number of anilines is 3. The normalized spacial score (nSPS) is 10.3. The van der Waals surface area contributed by atoms with Gasteiger partial charge in [-0.2, -0.15) is 0 Å². The van der Waals surface area contributed by atoms with Crippen molar-refractivity contribution in [1.29, 1.82) is 0 Å². The van der Waals surface area contributed by atoms with Gasteiger partial charge in [0.2, 0.25) is 5.91 Å². The second kappa shape index (κ2) is 8.35. The highest BCUT2D eigenvalue weighted by Gasteiger charge is 2.15. The first kappa shape index (κ1) is 19.8. The number of hydrogen-bond acceptors (Lipinski definition) is 5. The van der Waals surface area contributed by atoms with Crippen LogP contribution in [-0.2, 0) is 0 Å². The highest BCUT2D eigenvalue weighted by molar-refractivity contribution is 6.04. The van der Waals surface area contributed by atoms with Gasteiger partial charge in [-0.25, -0.2) is 0 Å². The third-order valence-corrected chi connectivity index (χ3v) is 4.50. The van der Waals surface area contributed by atoms with Crippen LogP contribution in [0.5, 0.6) is 0 Å². The number of benzene rings is 3. The molecule has 3 rings (SSSR count). The first-order valence-corrected chi connectivity index (χ1v) is 8.99. The van der Waals surface area contributed by atoms with Crippen molar-refractivity contribution in [2.75, 3.05) is 30.2 Å². The molecule has 7 heteroatoms. The summed E-state index contributed by atoms with van der Waals surface area (Å²) in [6.07, 6.45) is 0. The summed E-state index contributed by atoms with van der Waals surface area (Å²) in [5.74, 6) is -0.942. The molecule has 2 amide bonds. The summed E-state index contributed by atoms with van der Waals surface area (Å²) in [6.45, 7) is 0. The Balaban J connectivity index is 1.83. The van der Waals surface area contributed by atoms with E-state index in [1.807, 2.05) is 49.3 Å². The van der Waals surface area contributed by atoms with Crippen LogP contribution in [0.4, 0.5) is 17.1 Å². The second-order valence-electron chi connectivity index (χ2n) is 6.73. The summed E-state index contributed by atoms with van der Waals surface area (Å²) in [7, 11) is 3.91. The van der Waals surface area contributed by atoms with Gasteiger partial charge in [-0.3, -0.25) is 20.4 Å². The SMILES string of the molecule is CN(C)c1ccc(NNC(=O)c2ccc(C(N)=O)c(-c3ccccc3N)c2)cc1. The summed E-state index contributed by atoms with van der Waals surface area (Å²) in [6, 6.07) is 19.4. The number of carbonyl (C=O) groups excluding carboxylic acids is 2. The molecule has 3 aromatic rings. The van der Waals surface area contributed by atoms with Gasteiger partial charge in [0.1, 0.15) is 0 Å². The van der Waals surface area contributed by atoms with Crippen LogP contribution in [-0.4, -0.2) is 25.9 Å². The molecule has 0 unspecified atom stereocenters. The molecule has 0 radical (unpaired) electrons. The van der Waals surface area contributed by atoms with Crippen molar-refractivity contribution >= 4 is 28.9 Å². The monoisotopic (exact) mass is 389 g/mol. The van der Waals surface area contributed by atoms with Crippen LogP contribution in [0.15, 0.2) is 66.7 Å². The standard InChI is InChI=1S/C22H23N5O2/c1-27(2)16-10-8-15(9-11-16)25-26-22(29)14-7-12-18(21(24)28)19(13-14)17-5-3-4-6-20(17)23/h3-13,25H,23H2,1-2H3,(H2,24,28)(H,26,29). The molecule has 0 aliphatic rings. The fraction of sp³-hybridized carbons (Fsp3) is 0.0909. The van der Waals surface area contributed by atoms with E-state index in [0.29, 0.717) is 27.9 Å². The topological polar surface area (TPSA) is 113 Å². The number of hydrogen-bond donors (Lipinski definition) is 4. The first-order valence-electron chi connectivity index (χ1n) is 8.99. The molecule has 7 nitrogen and oxygen atoms in total. The average Bonchev–Trinajstić information content (AvgIpc) is 2.72. The van der Waals surface area contributed by atoms with E-state index in [0.717, 1.165) is 11.4 Å². The Morgan fingerprint density at radius 3 is 2.21 bits per heavy atom. The number of nitrogens with two attached hydrogens (primary N) is 2. The minimum Gasteiger partial charge on any atom is -0.398 e. The Kier molecular flexibility index (Phi) is 5.69.